The Labute approximate surface area is 100 Å². The molecule has 1 aromatic rings. The Bertz CT molecular complexity index is 349. The lowest BCUT2D eigenvalue weighted by Crippen LogP contribution is -2.02. The van der Waals surface area contributed by atoms with E-state index in [1.165, 1.54) is 23.3 Å². The molecule has 0 atom stereocenters. The molecule has 0 aromatic carbocycles. The second-order valence-electron chi connectivity index (χ2n) is 2.95. The SMILES string of the molecule is CCc1sc(C(=O)OC)c(N)c1CC.Cl. The van der Waals surface area contributed by atoms with Crippen LogP contribution < -0.4 is 5.73 Å². The van der Waals surface area contributed by atoms with Gasteiger partial charge in [-0.05, 0) is 18.4 Å². The molecule has 0 aliphatic heterocycles. The number of hydrogen-bond acceptors (Lipinski definition) is 4. The van der Waals surface area contributed by atoms with Crippen molar-refractivity contribution >= 4 is 35.4 Å². The van der Waals surface area contributed by atoms with Crippen LogP contribution in [0.25, 0.3) is 0 Å². The fraction of sp³-hybridized carbons (Fsp3) is 0.500. The maximum atomic E-state index is 11.3. The highest BCUT2D eigenvalue weighted by atomic mass is 35.5. The van der Waals surface area contributed by atoms with Crippen molar-refractivity contribution in [2.75, 3.05) is 12.8 Å². The number of esters is 1. The van der Waals surface area contributed by atoms with Gasteiger partial charge in [0.05, 0.1) is 12.8 Å². The summed E-state index contributed by atoms with van der Waals surface area (Å²) in [4.78, 5) is 13.1. The molecule has 3 nitrogen and oxygen atoms in total. The number of aryl methyl sites for hydroxylation is 1. The summed E-state index contributed by atoms with van der Waals surface area (Å²) in [5.41, 5.74) is 7.57. The zero-order chi connectivity index (χ0) is 10.7. The molecule has 0 spiro atoms. The first kappa shape index (κ1) is 14.3. The van der Waals surface area contributed by atoms with E-state index in [1.807, 2.05) is 6.92 Å². The number of nitrogen functional groups attached to an aromatic ring is 1. The first-order chi connectivity index (χ1) is 6.65. The molecule has 0 bridgehead atoms. The van der Waals surface area contributed by atoms with Crippen molar-refractivity contribution in [3.63, 3.8) is 0 Å². The average molecular weight is 250 g/mol. The van der Waals surface area contributed by atoms with Crippen LogP contribution in [0.15, 0.2) is 0 Å². The third-order valence-corrected chi connectivity index (χ3v) is 3.55. The minimum Gasteiger partial charge on any atom is -0.465 e. The highest BCUT2D eigenvalue weighted by Gasteiger charge is 2.19. The van der Waals surface area contributed by atoms with Gasteiger partial charge in [-0.1, -0.05) is 13.8 Å². The molecule has 0 aliphatic carbocycles. The summed E-state index contributed by atoms with van der Waals surface area (Å²) in [6, 6.07) is 0. The fourth-order valence-electron chi connectivity index (χ4n) is 1.44. The number of anilines is 1. The summed E-state index contributed by atoms with van der Waals surface area (Å²) in [6.07, 6.45) is 1.78. The number of hydrogen-bond donors (Lipinski definition) is 1. The van der Waals surface area contributed by atoms with Crippen molar-refractivity contribution < 1.29 is 9.53 Å². The van der Waals surface area contributed by atoms with E-state index < -0.39 is 0 Å². The van der Waals surface area contributed by atoms with Gasteiger partial charge in [-0.2, -0.15) is 0 Å². The Balaban J connectivity index is 0.00000196. The molecule has 1 aromatic heterocycles. The van der Waals surface area contributed by atoms with Gasteiger partial charge in [0, 0.05) is 4.88 Å². The quantitative estimate of drug-likeness (QED) is 0.838. The fourth-order valence-corrected chi connectivity index (χ4v) is 2.61. The Hall–Kier alpha value is -0.740. The minimum absolute atomic E-state index is 0. The van der Waals surface area contributed by atoms with E-state index in [9.17, 15) is 4.79 Å². The second-order valence-corrected chi connectivity index (χ2v) is 4.05. The molecule has 0 unspecified atom stereocenters. The average Bonchev–Trinajstić information content (AvgIpc) is 2.53. The topological polar surface area (TPSA) is 52.3 Å². The van der Waals surface area contributed by atoms with Crippen molar-refractivity contribution in [3.05, 3.63) is 15.3 Å². The van der Waals surface area contributed by atoms with Gasteiger partial charge in [0.25, 0.3) is 0 Å². The summed E-state index contributed by atoms with van der Waals surface area (Å²) in [7, 11) is 1.37. The molecule has 86 valence electrons. The molecule has 0 saturated carbocycles. The van der Waals surface area contributed by atoms with Gasteiger partial charge in [0.15, 0.2) is 0 Å². The molecular weight excluding hydrogens is 234 g/mol. The number of methoxy groups -OCH3 is 1. The first-order valence-electron chi connectivity index (χ1n) is 4.63. The lowest BCUT2D eigenvalue weighted by molar-refractivity contribution is 0.0607. The lowest BCUT2D eigenvalue weighted by Gasteiger charge is -1.99. The molecule has 15 heavy (non-hydrogen) atoms. The molecule has 0 radical (unpaired) electrons. The van der Waals surface area contributed by atoms with Crippen molar-refractivity contribution in [1.82, 2.24) is 0 Å². The maximum absolute atomic E-state index is 11.3. The number of rotatable bonds is 3. The van der Waals surface area contributed by atoms with Gasteiger partial charge in [-0.3, -0.25) is 0 Å². The lowest BCUT2D eigenvalue weighted by atomic mass is 10.1. The van der Waals surface area contributed by atoms with Crippen LogP contribution in [0.2, 0.25) is 0 Å². The zero-order valence-electron chi connectivity index (χ0n) is 9.12. The van der Waals surface area contributed by atoms with Crippen LogP contribution in [0.1, 0.15) is 34.0 Å². The normalized spacial score (nSPS) is 9.53. The zero-order valence-corrected chi connectivity index (χ0v) is 10.8. The molecule has 0 amide bonds. The second kappa shape index (κ2) is 5.98. The van der Waals surface area contributed by atoms with E-state index in [4.69, 9.17) is 5.73 Å². The molecular formula is C10H16ClNO2S. The van der Waals surface area contributed by atoms with Gasteiger partial charge >= 0.3 is 5.97 Å². The first-order valence-corrected chi connectivity index (χ1v) is 5.45. The van der Waals surface area contributed by atoms with Crippen LogP contribution in [0, 0.1) is 0 Å². The van der Waals surface area contributed by atoms with Gasteiger partial charge in [-0.15, -0.1) is 23.7 Å². The number of nitrogens with two attached hydrogens (primary N) is 1. The summed E-state index contributed by atoms with van der Waals surface area (Å²) in [6.45, 7) is 4.10. The van der Waals surface area contributed by atoms with E-state index >= 15 is 0 Å². The van der Waals surface area contributed by atoms with Crippen LogP contribution in [0.5, 0.6) is 0 Å². The molecule has 1 rings (SSSR count). The number of carbonyl (C=O) groups is 1. The molecule has 0 fully saturated rings. The third-order valence-electron chi connectivity index (χ3n) is 2.18. The van der Waals surface area contributed by atoms with Gasteiger partial charge in [0.2, 0.25) is 0 Å². The predicted molar refractivity (Wildman–Crippen MR) is 66.1 cm³/mol. The summed E-state index contributed by atoms with van der Waals surface area (Å²) >= 11 is 1.44. The summed E-state index contributed by atoms with van der Waals surface area (Å²) in [5, 5.41) is 0. The molecule has 0 saturated heterocycles. The van der Waals surface area contributed by atoms with E-state index in [1.54, 1.807) is 0 Å². The van der Waals surface area contributed by atoms with Crippen LogP contribution in [-0.4, -0.2) is 13.1 Å². The number of thiophene rings is 1. The maximum Gasteiger partial charge on any atom is 0.350 e. The monoisotopic (exact) mass is 249 g/mol. The van der Waals surface area contributed by atoms with Crippen molar-refractivity contribution in [2.45, 2.75) is 26.7 Å². The Morgan fingerprint density at radius 3 is 2.33 bits per heavy atom. The summed E-state index contributed by atoms with van der Waals surface area (Å²) in [5.74, 6) is -0.332. The van der Waals surface area contributed by atoms with Crippen LogP contribution in [-0.2, 0) is 17.6 Å². The molecule has 0 aliphatic rings. The number of ether oxygens (including phenoxy) is 1. The molecule has 2 N–H and O–H groups in total. The van der Waals surface area contributed by atoms with Gasteiger partial charge < -0.3 is 10.5 Å². The van der Waals surface area contributed by atoms with Crippen molar-refractivity contribution in [1.29, 1.82) is 0 Å². The van der Waals surface area contributed by atoms with Crippen molar-refractivity contribution in [3.8, 4) is 0 Å². The number of halogens is 1. The van der Waals surface area contributed by atoms with Crippen LogP contribution >= 0.6 is 23.7 Å². The van der Waals surface area contributed by atoms with Crippen LogP contribution in [0.4, 0.5) is 5.69 Å². The van der Waals surface area contributed by atoms with E-state index in [2.05, 4.69) is 11.7 Å². The summed E-state index contributed by atoms with van der Waals surface area (Å²) < 4.78 is 4.67. The Morgan fingerprint density at radius 2 is 2.00 bits per heavy atom. The highest BCUT2D eigenvalue weighted by molar-refractivity contribution is 7.14. The Morgan fingerprint density at radius 1 is 1.40 bits per heavy atom. The number of carbonyl (C=O) groups excluding carboxylic acids is 1. The van der Waals surface area contributed by atoms with Crippen LogP contribution in [0.3, 0.4) is 0 Å². The van der Waals surface area contributed by atoms with Gasteiger partial charge in [0.1, 0.15) is 4.88 Å². The Kier molecular flexibility index (Phi) is 5.68. The predicted octanol–water partition coefficient (Wildman–Crippen LogP) is 2.66. The largest absolute Gasteiger partial charge is 0.465 e. The van der Waals surface area contributed by atoms with Gasteiger partial charge in [-0.25, -0.2) is 4.79 Å². The van der Waals surface area contributed by atoms with Crippen molar-refractivity contribution in [2.24, 2.45) is 0 Å². The van der Waals surface area contributed by atoms with E-state index in [-0.39, 0.29) is 18.4 Å². The third kappa shape index (κ3) is 2.63. The van der Waals surface area contributed by atoms with E-state index in [0.717, 1.165) is 18.4 Å². The van der Waals surface area contributed by atoms with E-state index in [0.29, 0.717) is 10.6 Å². The molecule has 1 heterocycles. The standard InChI is InChI=1S/C10H15NO2S.ClH/c1-4-6-7(5-2)14-9(8(6)11)10(12)13-3;/h4-5,11H2,1-3H3;1H. The minimum atomic E-state index is -0.332. The molecule has 5 heteroatoms. The highest BCUT2D eigenvalue weighted by Crippen LogP contribution is 2.32. The smallest absolute Gasteiger partial charge is 0.350 e.